The topological polar surface area (TPSA) is 64.3 Å². The number of carbonyl (C=O) groups is 1. The average molecular weight is 337 g/mol. The van der Waals surface area contributed by atoms with Gasteiger partial charge in [-0.25, -0.2) is 13.8 Å². The lowest BCUT2D eigenvalue weighted by Gasteiger charge is -2.32. The van der Waals surface area contributed by atoms with E-state index in [9.17, 15) is 13.6 Å². The van der Waals surface area contributed by atoms with Gasteiger partial charge in [0.25, 0.3) is 12.3 Å². The van der Waals surface area contributed by atoms with E-state index in [0.29, 0.717) is 17.6 Å². The highest BCUT2D eigenvalue weighted by molar-refractivity contribution is 6.04. The van der Waals surface area contributed by atoms with E-state index in [2.05, 4.69) is 32.1 Å². The monoisotopic (exact) mass is 337 g/mol. The maximum absolute atomic E-state index is 12.8. The lowest BCUT2D eigenvalue weighted by molar-refractivity contribution is 0.0942. The summed E-state index contributed by atoms with van der Waals surface area (Å²) in [5.41, 5.74) is 1.04. The predicted octanol–water partition coefficient (Wildman–Crippen LogP) is 1.48. The molecule has 8 heteroatoms. The molecule has 6 nitrogen and oxygen atoms in total. The second-order valence-corrected chi connectivity index (χ2v) is 6.03. The molecular formula is C16H21F2N5O. The predicted molar refractivity (Wildman–Crippen MR) is 87.3 cm³/mol. The van der Waals surface area contributed by atoms with Gasteiger partial charge in [0.15, 0.2) is 5.82 Å². The van der Waals surface area contributed by atoms with Crippen molar-refractivity contribution in [2.45, 2.75) is 6.43 Å². The maximum atomic E-state index is 12.8. The van der Waals surface area contributed by atoms with Crippen molar-refractivity contribution in [2.24, 2.45) is 0 Å². The van der Waals surface area contributed by atoms with Crippen molar-refractivity contribution in [3.63, 3.8) is 0 Å². The first kappa shape index (κ1) is 16.8. The van der Waals surface area contributed by atoms with Crippen LogP contribution >= 0.6 is 0 Å². The van der Waals surface area contributed by atoms with Crippen molar-refractivity contribution in [1.29, 1.82) is 0 Å². The Morgan fingerprint density at radius 2 is 2.08 bits per heavy atom. The number of hydrogen-bond donors (Lipinski definition) is 2. The minimum atomic E-state index is -2.69. The van der Waals surface area contributed by atoms with E-state index in [1.54, 1.807) is 18.2 Å². The molecule has 0 bridgehead atoms. The van der Waals surface area contributed by atoms with Gasteiger partial charge in [-0.2, -0.15) is 0 Å². The van der Waals surface area contributed by atoms with Crippen LogP contribution in [0.5, 0.6) is 0 Å². The first-order valence-electron chi connectivity index (χ1n) is 8.00. The van der Waals surface area contributed by atoms with Crippen LogP contribution in [0.25, 0.3) is 11.0 Å². The molecule has 1 amide bonds. The number of imidazole rings is 1. The summed E-state index contributed by atoms with van der Waals surface area (Å²) < 4.78 is 25.5. The number of rotatable bonds is 5. The van der Waals surface area contributed by atoms with Crippen LogP contribution < -0.4 is 5.32 Å². The van der Waals surface area contributed by atoms with Crippen LogP contribution in [0.3, 0.4) is 0 Å². The molecule has 0 spiro atoms. The van der Waals surface area contributed by atoms with Gasteiger partial charge in [0, 0.05) is 39.3 Å². The van der Waals surface area contributed by atoms with Gasteiger partial charge in [0.1, 0.15) is 5.52 Å². The van der Waals surface area contributed by atoms with Crippen LogP contribution in [0.2, 0.25) is 0 Å². The van der Waals surface area contributed by atoms with E-state index in [1.807, 2.05) is 0 Å². The molecule has 1 saturated heterocycles. The Bertz CT molecular complexity index is 710. The van der Waals surface area contributed by atoms with Crippen LogP contribution in [0, 0.1) is 0 Å². The third-order valence-corrected chi connectivity index (χ3v) is 4.29. The zero-order valence-corrected chi connectivity index (χ0v) is 13.6. The maximum Gasteiger partial charge on any atom is 0.295 e. The van der Waals surface area contributed by atoms with Crippen LogP contribution in [0.1, 0.15) is 22.6 Å². The first-order valence-corrected chi connectivity index (χ1v) is 8.00. The van der Waals surface area contributed by atoms with Gasteiger partial charge in [-0.05, 0) is 19.2 Å². The van der Waals surface area contributed by atoms with Crippen molar-refractivity contribution < 1.29 is 13.6 Å². The number of aromatic nitrogens is 2. The van der Waals surface area contributed by atoms with Gasteiger partial charge in [-0.3, -0.25) is 9.69 Å². The van der Waals surface area contributed by atoms with Gasteiger partial charge in [0.2, 0.25) is 0 Å². The molecular weight excluding hydrogens is 316 g/mol. The number of alkyl halides is 2. The van der Waals surface area contributed by atoms with E-state index in [0.717, 1.165) is 32.7 Å². The summed E-state index contributed by atoms with van der Waals surface area (Å²) in [7, 11) is 2.09. The van der Waals surface area contributed by atoms with Crippen LogP contribution in [-0.4, -0.2) is 72.0 Å². The summed E-state index contributed by atoms with van der Waals surface area (Å²) in [6, 6.07) is 4.89. The van der Waals surface area contributed by atoms with Gasteiger partial charge >= 0.3 is 0 Å². The fraction of sp³-hybridized carbons (Fsp3) is 0.500. The lowest BCUT2D eigenvalue weighted by Crippen LogP contribution is -2.46. The molecule has 2 aromatic rings. The Kier molecular flexibility index (Phi) is 5.06. The number of halogens is 2. The molecule has 0 atom stereocenters. The quantitative estimate of drug-likeness (QED) is 0.867. The van der Waals surface area contributed by atoms with E-state index < -0.39 is 12.2 Å². The molecule has 1 aromatic heterocycles. The number of fused-ring (bicyclic) bond motifs is 1. The number of hydrogen-bond acceptors (Lipinski definition) is 4. The Morgan fingerprint density at radius 3 is 2.79 bits per heavy atom. The molecule has 1 aliphatic rings. The van der Waals surface area contributed by atoms with Gasteiger partial charge in [-0.15, -0.1) is 0 Å². The van der Waals surface area contributed by atoms with Crippen molar-refractivity contribution in [3.8, 4) is 0 Å². The highest BCUT2D eigenvalue weighted by atomic mass is 19.3. The third-order valence-electron chi connectivity index (χ3n) is 4.29. The van der Waals surface area contributed by atoms with Crippen LogP contribution in [-0.2, 0) is 0 Å². The number of nitrogens with zero attached hydrogens (tertiary/aromatic N) is 3. The van der Waals surface area contributed by atoms with E-state index in [1.165, 1.54) is 0 Å². The largest absolute Gasteiger partial charge is 0.351 e. The van der Waals surface area contributed by atoms with E-state index in [4.69, 9.17) is 0 Å². The standard InChI is InChI=1S/C16H21F2N5O/c1-22-7-9-23(10-8-22)6-5-19-16(24)11-3-2-4-12-13(11)21-15(20-12)14(17)18/h2-4,14H,5-10H2,1H3,(H,19,24)(H,20,21). The number of para-hydroxylation sites is 1. The van der Waals surface area contributed by atoms with Gasteiger partial charge < -0.3 is 15.2 Å². The smallest absolute Gasteiger partial charge is 0.295 e. The molecule has 0 aliphatic carbocycles. The molecule has 2 N–H and O–H groups in total. The zero-order chi connectivity index (χ0) is 17.1. The van der Waals surface area contributed by atoms with E-state index in [-0.39, 0.29) is 11.4 Å². The molecule has 0 saturated carbocycles. The summed E-state index contributed by atoms with van der Waals surface area (Å²) in [6.45, 7) is 5.31. The summed E-state index contributed by atoms with van der Waals surface area (Å²) in [4.78, 5) is 23.3. The minimum Gasteiger partial charge on any atom is -0.351 e. The molecule has 24 heavy (non-hydrogen) atoms. The van der Waals surface area contributed by atoms with Gasteiger partial charge in [0.05, 0.1) is 11.1 Å². The van der Waals surface area contributed by atoms with Crippen molar-refractivity contribution in [1.82, 2.24) is 25.1 Å². The number of aromatic amines is 1. The normalized spacial score (nSPS) is 16.8. The fourth-order valence-electron chi connectivity index (χ4n) is 2.83. The Balaban J connectivity index is 1.61. The number of piperazine rings is 1. The van der Waals surface area contributed by atoms with E-state index >= 15 is 0 Å². The number of nitrogens with one attached hydrogen (secondary N) is 2. The van der Waals surface area contributed by atoms with Crippen LogP contribution in [0.4, 0.5) is 8.78 Å². The summed E-state index contributed by atoms with van der Waals surface area (Å²) in [6.07, 6.45) is -2.69. The third kappa shape index (κ3) is 3.70. The Labute approximate surface area is 138 Å². The van der Waals surface area contributed by atoms with Gasteiger partial charge in [-0.1, -0.05) is 6.07 Å². The fourth-order valence-corrected chi connectivity index (χ4v) is 2.83. The molecule has 0 unspecified atom stereocenters. The number of H-pyrrole nitrogens is 1. The van der Waals surface area contributed by atoms with Crippen molar-refractivity contribution in [2.75, 3.05) is 46.3 Å². The van der Waals surface area contributed by atoms with Crippen LogP contribution in [0.15, 0.2) is 18.2 Å². The summed E-state index contributed by atoms with van der Waals surface area (Å²) in [5, 5.41) is 2.85. The second kappa shape index (κ2) is 7.23. The molecule has 1 aromatic carbocycles. The summed E-state index contributed by atoms with van der Waals surface area (Å²) in [5.74, 6) is -0.704. The Morgan fingerprint density at radius 1 is 1.33 bits per heavy atom. The Hall–Kier alpha value is -2.06. The number of benzene rings is 1. The number of amides is 1. The number of likely N-dealkylation sites (N-methyl/N-ethyl adjacent to an activating group) is 1. The molecule has 0 radical (unpaired) electrons. The highest BCUT2D eigenvalue weighted by Gasteiger charge is 2.18. The highest BCUT2D eigenvalue weighted by Crippen LogP contribution is 2.22. The molecule has 1 aliphatic heterocycles. The SMILES string of the molecule is CN1CCN(CCNC(=O)c2cccc3[nH]c(C(F)F)nc23)CC1. The minimum absolute atomic E-state index is 0.282. The second-order valence-electron chi connectivity index (χ2n) is 6.03. The first-order chi connectivity index (χ1) is 11.5. The molecule has 130 valence electrons. The zero-order valence-electron chi connectivity index (χ0n) is 13.6. The lowest BCUT2D eigenvalue weighted by atomic mass is 10.1. The number of carbonyl (C=O) groups excluding carboxylic acids is 1. The molecule has 2 heterocycles. The molecule has 1 fully saturated rings. The molecule has 3 rings (SSSR count). The van der Waals surface area contributed by atoms with Crippen molar-refractivity contribution >= 4 is 16.9 Å². The average Bonchev–Trinajstić information content (AvgIpc) is 3.01. The summed E-state index contributed by atoms with van der Waals surface area (Å²) >= 11 is 0. The van der Waals surface area contributed by atoms with Crippen molar-refractivity contribution in [3.05, 3.63) is 29.6 Å².